The number of rotatable bonds is 1. The number of carboxylic acid groups (broad SMARTS) is 1. The molecule has 0 aromatic rings. The van der Waals surface area contributed by atoms with E-state index in [1.54, 1.807) is 4.90 Å². The van der Waals surface area contributed by atoms with Crippen molar-refractivity contribution in [2.45, 2.75) is 18.9 Å². The van der Waals surface area contributed by atoms with E-state index in [1.165, 1.54) is 21.6 Å². The van der Waals surface area contributed by atoms with Gasteiger partial charge < -0.3 is 15.7 Å². The molecular formula is C7H10N2O2S4. The van der Waals surface area contributed by atoms with Gasteiger partial charge in [0.2, 0.25) is 0 Å². The highest BCUT2D eigenvalue weighted by Crippen LogP contribution is 2.29. The Morgan fingerprint density at radius 1 is 1.47 bits per heavy atom. The quantitative estimate of drug-likeness (QED) is 0.553. The Hall–Kier alpha value is -0.0500. The van der Waals surface area contributed by atoms with Crippen molar-refractivity contribution < 1.29 is 9.90 Å². The van der Waals surface area contributed by atoms with Crippen molar-refractivity contribution in [3.63, 3.8) is 0 Å². The van der Waals surface area contributed by atoms with E-state index in [2.05, 4.69) is 0 Å². The second-order valence-corrected chi connectivity index (χ2v) is 6.44. The Kier molecular flexibility index (Phi) is 5.10. The molecule has 0 bridgehead atoms. The van der Waals surface area contributed by atoms with E-state index in [9.17, 15) is 4.79 Å². The molecule has 1 unspecified atom stereocenters. The normalized spacial score (nSPS) is 20.3. The van der Waals surface area contributed by atoms with Crippen LogP contribution in [0.4, 0.5) is 0 Å². The van der Waals surface area contributed by atoms with Gasteiger partial charge in [-0.1, -0.05) is 24.4 Å². The molecule has 15 heavy (non-hydrogen) atoms. The molecule has 0 aliphatic carbocycles. The molecule has 0 aromatic heterocycles. The van der Waals surface area contributed by atoms with Crippen LogP contribution in [0.5, 0.6) is 0 Å². The molecule has 1 aliphatic rings. The summed E-state index contributed by atoms with van der Waals surface area (Å²) >= 11 is 9.81. The number of aliphatic carboxylic acids is 1. The number of carboxylic acids is 1. The van der Waals surface area contributed by atoms with Crippen LogP contribution in [0.15, 0.2) is 0 Å². The standard InChI is InChI=1S/C7H10N2O2S4/c8-6(12)14-15-7(13)9-3-1-2-4(9)5(10)11/h4H,1-3H2,(H2,8,12)(H,10,11). The van der Waals surface area contributed by atoms with E-state index in [1.807, 2.05) is 0 Å². The van der Waals surface area contributed by atoms with Crippen LogP contribution in [-0.4, -0.2) is 37.2 Å². The lowest BCUT2D eigenvalue weighted by molar-refractivity contribution is -0.140. The Bertz CT molecular complexity index is 297. The fraction of sp³-hybridized carbons (Fsp3) is 0.571. The molecule has 1 heterocycles. The van der Waals surface area contributed by atoms with Gasteiger partial charge in [0, 0.05) is 6.54 Å². The van der Waals surface area contributed by atoms with Crippen molar-refractivity contribution in [3.8, 4) is 0 Å². The van der Waals surface area contributed by atoms with Crippen molar-refractivity contribution in [3.05, 3.63) is 0 Å². The first-order valence-electron chi connectivity index (χ1n) is 4.19. The summed E-state index contributed by atoms with van der Waals surface area (Å²) in [6.45, 7) is 0.695. The number of hydrogen-bond acceptors (Lipinski definition) is 5. The zero-order valence-electron chi connectivity index (χ0n) is 7.71. The van der Waals surface area contributed by atoms with Crippen LogP contribution in [0.2, 0.25) is 0 Å². The number of carbonyl (C=O) groups is 1. The lowest BCUT2D eigenvalue weighted by Crippen LogP contribution is -2.38. The van der Waals surface area contributed by atoms with E-state index < -0.39 is 12.0 Å². The number of thiocarbonyl (C=S) groups is 2. The SMILES string of the molecule is NC(=S)SSC(=S)N1CCCC1C(=O)O. The fourth-order valence-electron chi connectivity index (χ4n) is 1.37. The summed E-state index contributed by atoms with van der Waals surface area (Å²) in [5.41, 5.74) is 5.31. The summed E-state index contributed by atoms with van der Waals surface area (Å²) in [7, 11) is 2.44. The monoisotopic (exact) mass is 282 g/mol. The molecule has 0 spiro atoms. The number of hydrogen-bond donors (Lipinski definition) is 2. The Morgan fingerprint density at radius 2 is 2.13 bits per heavy atom. The van der Waals surface area contributed by atoms with Gasteiger partial charge in [-0.2, -0.15) is 0 Å². The van der Waals surface area contributed by atoms with Crippen molar-refractivity contribution in [1.29, 1.82) is 0 Å². The summed E-state index contributed by atoms with van der Waals surface area (Å²) in [5.74, 6) is -0.823. The van der Waals surface area contributed by atoms with Crippen molar-refractivity contribution in [2.75, 3.05) is 6.54 Å². The highest BCUT2D eigenvalue weighted by Gasteiger charge is 2.32. The molecule has 1 atom stereocenters. The Labute approximate surface area is 106 Å². The number of nitrogens with zero attached hydrogens (tertiary/aromatic N) is 1. The predicted octanol–water partition coefficient (Wildman–Crippen LogP) is 1.45. The molecule has 1 rings (SSSR count). The molecule has 0 saturated carbocycles. The van der Waals surface area contributed by atoms with Gasteiger partial charge in [-0.3, -0.25) is 0 Å². The summed E-state index contributed by atoms with van der Waals surface area (Å²) in [6, 6.07) is -0.489. The maximum Gasteiger partial charge on any atom is 0.326 e. The maximum absolute atomic E-state index is 10.9. The van der Waals surface area contributed by atoms with Gasteiger partial charge in [-0.15, -0.1) is 0 Å². The molecule has 1 saturated heterocycles. The van der Waals surface area contributed by atoms with Gasteiger partial charge in [-0.05, 0) is 34.4 Å². The van der Waals surface area contributed by atoms with E-state index in [-0.39, 0.29) is 0 Å². The average molecular weight is 282 g/mol. The molecule has 1 aliphatic heterocycles. The summed E-state index contributed by atoms with van der Waals surface area (Å²) in [6.07, 6.45) is 1.50. The predicted molar refractivity (Wildman–Crippen MR) is 71.9 cm³/mol. The molecule has 3 N–H and O–H groups in total. The Balaban J connectivity index is 2.51. The first-order valence-corrected chi connectivity index (χ1v) is 7.16. The third kappa shape index (κ3) is 3.78. The number of nitrogens with two attached hydrogens (primary N) is 1. The van der Waals surface area contributed by atoms with Gasteiger partial charge in [-0.25, -0.2) is 4.79 Å². The van der Waals surface area contributed by atoms with E-state index >= 15 is 0 Å². The largest absolute Gasteiger partial charge is 0.480 e. The Morgan fingerprint density at radius 3 is 2.67 bits per heavy atom. The lowest BCUT2D eigenvalue weighted by Gasteiger charge is -2.22. The fourth-order valence-corrected chi connectivity index (χ4v) is 3.41. The first-order chi connectivity index (χ1) is 7.02. The van der Waals surface area contributed by atoms with Crippen LogP contribution in [0.25, 0.3) is 0 Å². The second-order valence-electron chi connectivity index (χ2n) is 2.94. The topological polar surface area (TPSA) is 66.6 Å². The van der Waals surface area contributed by atoms with Crippen LogP contribution in [0.3, 0.4) is 0 Å². The number of likely N-dealkylation sites (tertiary alicyclic amines) is 1. The van der Waals surface area contributed by atoms with Gasteiger partial charge in [0.15, 0.2) is 0 Å². The van der Waals surface area contributed by atoms with Crippen molar-refractivity contribution in [2.24, 2.45) is 5.73 Å². The smallest absolute Gasteiger partial charge is 0.326 e. The van der Waals surface area contributed by atoms with E-state index in [4.69, 9.17) is 35.3 Å². The third-order valence-corrected chi connectivity index (χ3v) is 5.22. The van der Waals surface area contributed by atoms with E-state index in [0.29, 0.717) is 21.6 Å². The molecule has 0 radical (unpaired) electrons. The molecule has 0 amide bonds. The summed E-state index contributed by atoms with van der Waals surface area (Å²) in [4.78, 5) is 12.6. The first kappa shape index (κ1) is 13.0. The maximum atomic E-state index is 10.9. The van der Waals surface area contributed by atoms with Gasteiger partial charge >= 0.3 is 5.97 Å². The van der Waals surface area contributed by atoms with Crippen molar-refractivity contribution >= 4 is 60.6 Å². The molecule has 84 valence electrons. The van der Waals surface area contributed by atoms with Crippen LogP contribution in [-0.2, 0) is 4.79 Å². The van der Waals surface area contributed by atoms with Crippen LogP contribution < -0.4 is 5.73 Å². The minimum absolute atomic E-state index is 0.299. The lowest BCUT2D eigenvalue weighted by atomic mass is 10.2. The zero-order chi connectivity index (χ0) is 11.4. The highest BCUT2D eigenvalue weighted by atomic mass is 33.1. The highest BCUT2D eigenvalue weighted by molar-refractivity contribution is 8.89. The van der Waals surface area contributed by atoms with Gasteiger partial charge in [0.25, 0.3) is 0 Å². The minimum atomic E-state index is -0.823. The van der Waals surface area contributed by atoms with Crippen LogP contribution >= 0.6 is 46.0 Å². The molecule has 4 nitrogen and oxygen atoms in total. The summed E-state index contributed by atoms with van der Waals surface area (Å²) < 4.78 is 0.839. The van der Waals surface area contributed by atoms with Crippen LogP contribution in [0.1, 0.15) is 12.8 Å². The third-order valence-electron chi connectivity index (χ3n) is 1.97. The molecule has 1 fully saturated rings. The van der Waals surface area contributed by atoms with Crippen molar-refractivity contribution in [1.82, 2.24) is 4.90 Å². The summed E-state index contributed by atoms with van der Waals surface area (Å²) in [5, 5.41) is 8.94. The van der Waals surface area contributed by atoms with Gasteiger partial charge in [0.05, 0.1) is 0 Å². The average Bonchev–Trinajstić information content (AvgIpc) is 2.62. The van der Waals surface area contributed by atoms with Gasteiger partial charge in [0.1, 0.15) is 14.7 Å². The molecular weight excluding hydrogens is 272 g/mol. The minimum Gasteiger partial charge on any atom is -0.480 e. The second kappa shape index (κ2) is 5.88. The molecule has 8 heteroatoms. The zero-order valence-corrected chi connectivity index (χ0v) is 11.0. The van der Waals surface area contributed by atoms with Crippen LogP contribution in [0, 0.1) is 0 Å². The molecule has 0 aromatic carbocycles. The van der Waals surface area contributed by atoms with E-state index in [0.717, 1.165) is 6.42 Å².